The number of cyclic esters (lactones) is 1. The number of carbonyl (C=O) groups is 1. The molecular weight excluding hydrogens is 128 g/mol. The molecule has 0 spiro atoms. The highest BCUT2D eigenvalue weighted by Gasteiger charge is 2.21. The van der Waals surface area contributed by atoms with Crippen LogP contribution in [0.4, 0.5) is 0 Å². The van der Waals surface area contributed by atoms with Gasteiger partial charge in [-0.3, -0.25) is 4.79 Å². The van der Waals surface area contributed by atoms with E-state index in [4.69, 9.17) is 4.74 Å². The van der Waals surface area contributed by atoms with Crippen LogP contribution in [-0.2, 0) is 9.53 Å². The van der Waals surface area contributed by atoms with Gasteiger partial charge in [0, 0.05) is 5.92 Å². The highest BCUT2D eigenvalue weighted by molar-refractivity contribution is 5.71. The van der Waals surface area contributed by atoms with Crippen molar-refractivity contribution in [2.75, 3.05) is 6.61 Å². The summed E-state index contributed by atoms with van der Waals surface area (Å²) in [5, 5.41) is 0. The largest absolute Gasteiger partial charge is 0.465 e. The zero-order valence-electron chi connectivity index (χ0n) is 6.17. The molecule has 1 saturated heterocycles. The van der Waals surface area contributed by atoms with E-state index in [2.05, 4.69) is 6.08 Å². The van der Waals surface area contributed by atoms with Crippen LogP contribution in [0, 0.1) is 5.92 Å². The van der Waals surface area contributed by atoms with Crippen molar-refractivity contribution in [2.45, 2.75) is 19.8 Å². The van der Waals surface area contributed by atoms with E-state index in [0.29, 0.717) is 18.9 Å². The highest BCUT2D eigenvalue weighted by Crippen LogP contribution is 2.17. The molecule has 1 atom stereocenters. The van der Waals surface area contributed by atoms with Crippen LogP contribution >= 0.6 is 0 Å². The highest BCUT2D eigenvalue weighted by atomic mass is 16.5. The molecule has 56 valence electrons. The van der Waals surface area contributed by atoms with E-state index >= 15 is 0 Å². The summed E-state index contributed by atoms with van der Waals surface area (Å²) in [5.41, 5.74) is 0. The number of allylic oxidation sites excluding steroid dienone is 2. The molecule has 1 aliphatic heterocycles. The lowest BCUT2D eigenvalue weighted by atomic mass is 10.1. The average molecular weight is 140 g/mol. The van der Waals surface area contributed by atoms with Crippen molar-refractivity contribution in [2.24, 2.45) is 5.92 Å². The zero-order valence-corrected chi connectivity index (χ0v) is 6.17. The summed E-state index contributed by atoms with van der Waals surface area (Å²) >= 11 is 0. The molecule has 0 radical (unpaired) electrons. The summed E-state index contributed by atoms with van der Waals surface area (Å²) in [4.78, 5) is 10.6. The molecule has 1 fully saturated rings. The number of hydrogen-bond donors (Lipinski definition) is 0. The van der Waals surface area contributed by atoms with Gasteiger partial charge in [0.2, 0.25) is 0 Å². The summed E-state index contributed by atoms with van der Waals surface area (Å²) in [6, 6.07) is 0. The van der Waals surface area contributed by atoms with Gasteiger partial charge in [0.1, 0.15) is 0 Å². The summed E-state index contributed by atoms with van der Waals surface area (Å²) in [6.45, 7) is 2.60. The molecule has 10 heavy (non-hydrogen) atoms. The molecular formula is C8H12O2. The Hall–Kier alpha value is -0.790. The van der Waals surface area contributed by atoms with Crippen molar-refractivity contribution in [1.82, 2.24) is 0 Å². The molecule has 1 rings (SSSR count). The van der Waals surface area contributed by atoms with Crippen molar-refractivity contribution < 1.29 is 9.53 Å². The van der Waals surface area contributed by atoms with Gasteiger partial charge < -0.3 is 4.74 Å². The maximum Gasteiger partial charge on any atom is 0.306 e. The van der Waals surface area contributed by atoms with E-state index in [-0.39, 0.29) is 5.97 Å². The van der Waals surface area contributed by atoms with Gasteiger partial charge in [0.05, 0.1) is 13.0 Å². The maximum absolute atomic E-state index is 10.6. The molecule has 0 bridgehead atoms. The number of carbonyl (C=O) groups excluding carboxylic acids is 1. The standard InChI is InChI=1S/C8H12O2/c1-2-3-4-7-5-8(9)10-6-7/h2-3,7H,4-6H2,1H3/b3-2+/t7-/m1/s1. The Balaban J connectivity index is 2.24. The zero-order chi connectivity index (χ0) is 7.40. The Morgan fingerprint density at radius 2 is 2.60 bits per heavy atom. The third kappa shape index (κ3) is 1.87. The molecule has 0 amide bonds. The topological polar surface area (TPSA) is 26.3 Å². The van der Waals surface area contributed by atoms with Crippen molar-refractivity contribution in [1.29, 1.82) is 0 Å². The minimum Gasteiger partial charge on any atom is -0.465 e. The predicted octanol–water partition coefficient (Wildman–Crippen LogP) is 1.52. The van der Waals surface area contributed by atoms with Gasteiger partial charge in [-0.25, -0.2) is 0 Å². The average Bonchev–Trinajstić information content (AvgIpc) is 2.31. The van der Waals surface area contributed by atoms with Gasteiger partial charge in [-0.05, 0) is 13.3 Å². The lowest BCUT2D eigenvalue weighted by molar-refractivity contribution is -0.137. The number of esters is 1. The maximum atomic E-state index is 10.6. The van der Waals surface area contributed by atoms with Crippen LogP contribution in [0.2, 0.25) is 0 Å². The first-order valence-corrected chi connectivity index (χ1v) is 3.59. The quantitative estimate of drug-likeness (QED) is 0.429. The molecule has 0 saturated carbocycles. The van der Waals surface area contributed by atoms with Gasteiger partial charge in [0.15, 0.2) is 0 Å². The lowest BCUT2D eigenvalue weighted by Gasteiger charge is -1.97. The fourth-order valence-electron chi connectivity index (χ4n) is 1.04. The lowest BCUT2D eigenvalue weighted by Crippen LogP contribution is -1.95. The first-order valence-electron chi connectivity index (χ1n) is 3.59. The van der Waals surface area contributed by atoms with Crippen LogP contribution in [0.5, 0.6) is 0 Å². The van der Waals surface area contributed by atoms with Crippen molar-refractivity contribution in [3.63, 3.8) is 0 Å². The molecule has 0 aromatic carbocycles. The predicted molar refractivity (Wildman–Crippen MR) is 38.5 cm³/mol. The van der Waals surface area contributed by atoms with E-state index < -0.39 is 0 Å². The Bertz CT molecular complexity index is 149. The molecule has 0 aromatic rings. The van der Waals surface area contributed by atoms with E-state index in [1.165, 1.54) is 0 Å². The third-order valence-electron chi connectivity index (χ3n) is 1.64. The molecule has 2 nitrogen and oxygen atoms in total. The minimum absolute atomic E-state index is 0.0468. The van der Waals surface area contributed by atoms with Gasteiger partial charge in [-0.15, -0.1) is 0 Å². The normalized spacial score (nSPS) is 25.7. The van der Waals surface area contributed by atoms with Gasteiger partial charge >= 0.3 is 5.97 Å². The van der Waals surface area contributed by atoms with Crippen LogP contribution in [0.3, 0.4) is 0 Å². The van der Waals surface area contributed by atoms with Crippen molar-refractivity contribution in [3.05, 3.63) is 12.2 Å². The fourth-order valence-corrected chi connectivity index (χ4v) is 1.04. The summed E-state index contributed by atoms with van der Waals surface area (Å²) in [7, 11) is 0. The van der Waals surface area contributed by atoms with Crippen LogP contribution < -0.4 is 0 Å². The molecule has 1 aliphatic rings. The minimum atomic E-state index is -0.0468. The Morgan fingerprint density at radius 3 is 3.10 bits per heavy atom. The van der Waals surface area contributed by atoms with Crippen LogP contribution in [-0.4, -0.2) is 12.6 Å². The molecule has 0 N–H and O–H groups in total. The smallest absolute Gasteiger partial charge is 0.306 e. The number of ether oxygens (including phenoxy) is 1. The number of hydrogen-bond acceptors (Lipinski definition) is 2. The van der Waals surface area contributed by atoms with Gasteiger partial charge in [-0.2, -0.15) is 0 Å². The summed E-state index contributed by atoms with van der Waals surface area (Å²) in [6.07, 6.45) is 5.65. The summed E-state index contributed by atoms with van der Waals surface area (Å²) in [5.74, 6) is 0.387. The first kappa shape index (κ1) is 7.32. The number of rotatable bonds is 2. The summed E-state index contributed by atoms with van der Waals surface area (Å²) < 4.78 is 4.79. The molecule has 0 aromatic heterocycles. The van der Waals surface area contributed by atoms with Crippen LogP contribution in [0.1, 0.15) is 19.8 Å². The Morgan fingerprint density at radius 1 is 1.80 bits per heavy atom. The van der Waals surface area contributed by atoms with Crippen LogP contribution in [0.15, 0.2) is 12.2 Å². The second kappa shape index (κ2) is 3.40. The van der Waals surface area contributed by atoms with E-state index in [1.54, 1.807) is 0 Å². The van der Waals surface area contributed by atoms with E-state index in [0.717, 1.165) is 6.42 Å². The van der Waals surface area contributed by atoms with Gasteiger partial charge in [-0.1, -0.05) is 12.2 Å². The SMILES string of the molecule is C/C=C/C[C@H]1COC(=O)C1. The monoisotopic (exact) mass is 140 g/mol. The second-order valence-corrected chi connectivity index (χ2v) is 2.56. The van der Waals surface area contributed by atoms with Crippen molar-refractivity contribution >= 4 is 5.97 Å². The first-order chi connectivity index (χ1) is 4.83. The molecule has 2 heteroatoms. The van der Waals surface area contributed by atoms with E-state index in [9.17, 15) is 4.79 Å². The Labute approximate surface area is 60.9 Å². The van der Waals surface area contributed by atoms with Crippen LogP contribution in [0.25, 0.3) is 0 Å². The molecule has 0 aliphatic carbocycles. The van der Waals surface area contributed by atoms with Crippen molar-refractivity contribution in [3.8, 4) is 0 Å². The third-order valence-corrected chi connectivity index (χ3v) is 1.64. The Kier molecular flexibility index (Phi) is 2.49. The fraction of sp³-hybridized carbons (Fsp3) is 0.625. The van der Waals surface area contributed by atoms with Gasteiger partial charge in [0.25, 0.3) is 0 Å². The van der Waals surface area contributed by atoms with E-state index in [1.807, 2.05) is 13.0 Å². The molecule has 1 heterocycles. The second-order valence-electron chi connectivity index (χ2n) is 2.56. The molecule has 0 unspecified atom stereocenters.